The maximum atomic E-state index is 12.8. The third kappa shape index (κ3) is 6.42. The topological polar surface area (TPSA) is 62.5 Å². The van der Waals surface area contributed by atoms with Crippen molar-refractivity contribution in [3.05, 3.63) is 65.9 Å². The van der Waals surface area contributed by atoms with E-state index in [9.17, 15) is 4.79 Å². The summed E-state index contributed by atoms with van der Waals surface area (Å²) in [6, 6.07) is 14.0. The molecule has 0 aliphatic rings. The van der Waals surface area contributed by atoms with E-state index in [4.69, 9.17) is 9.40 Å². The van der Waals surface area contributed by atoms with Gasteiger partial charge in [0.15, 0.2) is 0 Å². The van der Waals surface area contributed by atoms with Crippen molar-refractivity contribution >= 4 is 22.6 Å². The number of amides is 1. The van der Waals surface area contributed by atoms with Gasteiger partial charge < -0.3 is 14.2 Å². The highest BCUT2D eigenvalue weighted by molar-refractivity contribution is 7.09. The third-order valence-electron chi connectivity index (χ3n) is 4.80. The van der Waals surface area contributed by atoms with Crippen LogP contribution in [0.3, 0.4) is 0 Å². The number of anilines is 1. The molecule has 3 aromatic rings. The number of benzene rings is 1. The average Bonchev–Trinajstić information content (AvgIpc) is 3.43. The van der Waals surface area contributed by atoms with Crippen LogP contribution in [0.5, 0.6) is 0 Å². The molecule has 0 unspecified atom stereocenters. The van der Waals surface area contributed by atoms with Crippen LogP contribution < -0.4 is 4.90 Å². The standard InChI is InChI=1S/C23H30N4O2S/c1-3-13-26(14-4-2)22(28)12-15-27(18-20-11-8-16-29-20)23-24-21(25-30-23)17-19-9-6-5-7-10-19/h5-11,16H,3-4,12-15,17-18H2,1-2H3. The molecule has 6 nitrogen and oxygen atoms in total. The fourth-order valence-electron chi connectivity index (χ4n) is 3.35. The third-order valence-corrected chi connectivity index (χ3v) is 5.61. The molecule has 0 N–H and O–H groups in total. The summed E-state index contributed by atoms with van der Waals surface area (Å²) >= 11 is 1.38. The predicted molar refractivity (Wildman–Crippen MR) is 121 cm³/mol. The van der Waals surface area contributed by atoms with Gasteiger partial charge in [0.05, 0.1) is 12.8 Å². The second-order valence-electron chi connectivity index (χ2n) is 7.29. The first-order valence-electron chi connectivity index (χ1n) is 10.6. The number of rotatable bonds is 12. The molecule has 7 heteroatoms. The number of hydrogen-bond acceptors (Lipinski definition) is 6. The minimum Gasteiger partial charge on any atom is -0.467 e. The van der Waals surface area contributed by atoms with Crippen molar-refractivity contribution in [3.63, 3.8) is 0 Å². The van der Waals surface area contributed by atoms with Crippen LogP contribution in [0.25, 0.3) is 0 Å². The Labute approximate surface area is 182 Å². The highest BCUT2D eigenvalue weighted by Crippen LogP contribution is 2.22. The molecule has 0 bridgehead atoms. The van der Waals surface area contributed by atoms with Crippen molar-refractivity contribution in [2.24, 2.45) is 0 Å². The maximum Gasteiger partial charge on any atom is 0.224 e. The van der Waals surface area contributed by atoms with E-state index in [1.165, 1.54) is 17.1 Å². The van der Waals surface area contributed by atoms with Crippen LogP contribution in [0.2, 0.25) is 0 Å². The lowest BCUT2D eigenvalue weighted by Gasteiger charge is -2.24. The second-order valence-corrected chi connectivity index (χ2v) is 8.02. The fourth-order valence-corrected chi connectivity index (χ4v) is 4.06. The number of carbonyl (C=O) groups is 1. The van der Waals surface area contributed by atoms with Gasteiger partial charge >= 0.3 is 0 Å². The van der Waals surface area contributed by atoms with Crippen LogP contribution in [0, 0.1) is 0 Å². The highest BCUT2D eigenvalue weighted by Gasteiger charge is 2.18. The number of furan rings is 1. The van der Waals surface area contributed by atoms with Crippen molar-refractivity contribution in [3.8, 4) is 0 Å². The molecule has 2 aromatic heterocycles. The first kappa shape index (κ1) is 22.0. The summed E-state index contributed by atoms with van der Waals surface area (Å²) < 4.78 is 10.1. The molecule has 1 amide bonds. The molecule has 0 atom stereocenters. The normalized spacial score (nSPS) is 10.9. The van der Waals surface area contributed by atoms with Gasteiger partial charge in [-0.05, 0) is 30.5 Å². The molecule has 3 rings (SSSR count). The summed E-state index contributed by atoms with van der Waals surface area (Å²) in [5.41, 5.74) is 1.18. The average molecular weight is 427 g/mol. The van der Waals surface area contributed by atoms with Gasteiger partial charge in [0, 0.05) is 44.0 Å². The van der Waals surface area contributed by atoms with E-state index < -0.39 is 0 Å². The van der Waals surface area contributed by atoms with Crippen molar-refractivity contribution in [2.45, 2.75) is 46.1 Å². The van der Waals surface area contributed by atoms with Crippen molar-refractivity contribution in [1.82, 2.24) is 14.3 Å². The van der Waals surface area contributed by atoms with E-state index in [2.05, 4.69) is 35.3 Å². The summed E-state index contributed by atoms with van der Waals surface area (Å²) in [5, 5.41) is 0.822. The molecular formula is C23H30N4O2S. The molecule has 1 aromatic carbocycles. The van der Waals surface area contributed by atoms with Crippen LogP contribution in [0.1, 0.15) is 50.3 Å². The number of carbonyl (C=O) groups excluding carboxylic acids is 1. The molecule has 30 heavy (non-hydrogen) atoms. The second kappa shape index (κ2) is 11.5. The Morgan fingerprint density at radius 1 is 1.03 bits per heavy atom. The largest absolute Gasteiger partial charge is 0.467 e. The molecule has 0 aliphatic heterocycles. The SMILES string of the molecule is CCCN(CCC)C(=O)CCN(Cc1ccco1)c1nc(Cc2ccccc2)ns1. The Bertz CT molecular complexity index is 874. The van der Waals surface area contributed by atoms with E-state index in [1.807, 2.05) is 35.2 Å². The maximum absolute atomic E-state index is 12.8. The number of hydrogen-bond donors (Lipinski definition) is 0. The van der Waals surface area contributed by atoms with E-state index in [0.29, 0.717) is 25.9 Å². The van der Waals surface area contributed by atoms with E-state index >= 15 is 0 Å². The van der Waals surface area contributed by atoms with Gasteiger partial charge in [-0.25, -0.2) is 4.98 Å². The first-order chi connectivity index (χ1) is 14.7. The molecule has 0 radical (unpaired) electrons. The Kier molecular flexibility index (Phi) is 8.44. The van der Waals surface area contributed by atoms with Gasteiger partial charge in [0.25, 0.3) is 0 Å². The molecule has 0 fully saturated rings. The van der Waals surface area contributed by atoms with Crippen LogP contribution in [-0.2, 0) is 17.8 Å². The van der Waals surface area contributed by atoms with Crippen molar-refractivity contribution in [2.75, 3.05) is 24.5 Å². The Morgan fingerprint density at radius 3 is 2.47 bits per heavy atom. The zero-order chi connectivity index (χ0) is 21.2. The van der Waals surface area contributed by atoms with Crippen LogP contribution in [0.4, 0.5) is 5.13 Å². The Morgan fingerprint density at radius 2 is 1.80 bits per heavy atom. The van der Waals surface area contributed by atoms with Crippen LogP contribution in [0.15, 0.2) is 53.1 Å². The van der Waals surface area contributed by atoms with Crippen molar-refractivity contribution in [1.29, 1.82) is 0 Å². The van der Waals surface area contributed by atoms with Gasteiger partial charge in [-0.1, -0.05) is 44.2 Å². The number of aromatic nitrogens is 2. The fraction of sp³-hybridized carbons (Fsp3) is 0.435. The van der Waals surface area contributed by atoms with Crippen LogP contribution in [-0.4, -0.2) is 39.8 Å². The summed E-state index contributed by atoms with van der Waals surface area (Å²) in [6.07, 6.45) is 4.77. The van der Waals surface area contributed by atoms with Crippen LogP contribution >= 0.6 is 11.5 Å². The predicted octanol–water partition coefficient (Wildman–Crippen LogP) is 4.77. The monoisotopic (exact) mass is 426 g/mol. The lowest BCUT2D eigenvalue weighted by molar-refractivity contribution is -0.131. The minimum absolute atomic E-state index is 0.192. The lowest BCUT2D eigenvalue weighted by atomic mass is 10.1. The molecular weight excluding hydrogens is 396 g/mol. The molecule has 0 aliphatic carbocycles. The molecule has 0 saturated heterocycles. The molecule has 160 valence electrons. The molecule has 0 spiro atoms. The summed E-state index contributed by atoms with van der Waals surface area (Å²) in [6.45, 7) is 6.99. The summed E-state index contributed by atoms with van der Waals surface area (Å²) in [5.74, 6) is 1.84. The van der Waals surface area contributed by atoms with Crippen molar-refractivity contribution < 1.29 is 9.21 Å². The molecule has 2 heterocycles. The van der Waals surface area contributed by atoms with E-state index in [1.54, 1.807) is 6.26 Å². The first-order valence-corrected chi connectivity index (χ1v) is 11.4. The zero-order valence-corrected chi connectivity index (χ0v) is 18.6. The highest BCUT2D eigenvalue weighted by atomic mass is 32.1. The van der Waals surface area contributed by atoms with Gasteiger partial charge in [-0.3, -0.25) is 4.79 Å². The van der Waals surface area contributed by atoms with Gasteiger partial charge in [0.2, 0.25) is 11.0 Å². The number of nitrogens with zero attached hydrogens (tertiary/aromatic N) is 4. The van der Waals surface area contributed by atoms with E-state index in [-0.39, 0.29) is 5.91 Å². The lowest BCUT2D eigenvalue weighted by Crippen LogP contribution is -2.35. The molecule has 0 saturated carbocycles. The smallest absolute Gasteiger partial charge is 0.224 e. The van der Waals surface area contributed by atoms with Gasteiger partial charge in [-0.15, -0.1) is 0 Å². The van der Waals surface area contributed by atoms with Gasteiger partial charge in [-0.2, -0.15) is 4.37 Å². The van der Waals surface area contributed by atoms with Gasteiger partial charge in [0.1, 0.15) is 11.6 Å². The minimum atomic E-state index is 0.192. The Hall–Kier alpha value is -2.67. The van der Waals surface area contributed by atoms with E-state index in [0.717, 1.165) is 42.6 Å². The summed E-state index contributed by atoms with van der Waals surface area (Å²) in [4.78, 5) is 21.6. The Balaban J connectivity index is 1.69. The zero-order valence-electron chi connectivity index (χ0n) is 17.8. The summed E-state index contributed by atoms with van der Waals surface area (Å²) in [7, 11) is 0. The quantitative estimate of drug-likeness (QED) is 0.418.